The molecule has 1 aliphatic carbocycles. The van der Waals surface area contributed by atoms with Gasteiger partial charge in [-0.15, -0.1) is 0 Å². The molecule has 16 heavy (non-hydrogen) atoms. The number of halogens is 1. The number of hydrogen-bond acceptors (Lipinski definition) is 2. The van der Waals surface area contributed by atoms with E-state index in [4.69, 9.17) is 5.73 Å². The van der Waals surface area contributed by atoms with Crippen LogP contribution >= 0.6 is 15.9 Å². The van der Waals surface area contributed by atoms with E-state index < -0.39 is 5.54 Å². The van der Waals surface area contributed by atoms with E-state index in [0.717, 1.165) is 29.3 Å². The molecule has 1 atom stereocenters. The van der Waals surface area contributed by atoms with E-state index in [1.165, 1.54) is 0 Å². The van der Waals surface area contributed by atoms with Gasteiger partial charge in [-0.2, -0.15) is 0 Å². The van der Waals surface area contributed by atoms with Gasteiger partial charge in [0.1, 0.15) is 0 Å². The molecule has 86 valence electrons. The first-order valence-electron chi connectivity index (χ1n) is 5.67. The number of hydrogen-bond donors (Lipinski definition) is 1. The van der Waals surface area contributed by atoms with E-state index in [0.29, 0.717) is 12.8 Å². The SMILES string of the molecule is NC1(Cc2ccc(Br)cc2)CCCCC1=O. The Bertz CT molecular complexity index is 387. The molecular formula is C13H16BrNO. The fourth-order valence-electron chi connectivity index (χ4n) is 2.27. The molecule has 2 nitrogen and oxygen atoms in total. The molecule has 0 aromatic heterocycles. The van der Waals surface area contributed by atoms with Crippen LogP contribution in [-0.4, -0.2) is 11.3 Å². The molecule has 2 rings (SSSR count). The lowest BCUT2D eigenvalue weighted by molar-refractivity contribution is -0.126. The minimum Gasteiger partial charge on any atom is -0.319 e. The van der Waals surface area contributed by atoms with Gasteiger partial charge in [-0.3, -0.25) is 4.79 Å². The maximum Gasteiger partial charge on any atom is 0.152 e. The van der Waals surface area contributed by atoms with Crippen LogP contribution in [0.25, 0.3) is 0 Å². The second-order valence-electron chi connectivity index (χ2n) is 4.59. The summed E-state index contributed by atoms with van der Waals surface area (Å²) in [4.78, 5) is 11.9. The van der Waals surface area contributed by atoms with Crippen molar-refractivity contribution < 1.29 is 4.79 Å². The zero-order valence-electron chi connectivity index (χ0n) is 9.21. The van der Waals surface area contributed by atoms with Crippen molar-refractivity contribution >= 4 is 21.7 Å². The van der Waals surface area contributed by atoms with Gasteiger partial charge in [0.2, 0.25) is 0 Å². The highest BCUT2D eigenvalue weighted by molar-refractivity contribution is 9.10. The van der Waals surface area contributed by atoms with Crippen molar-refractivity contribution in [2.24, 2.45) is 5.73 Å². The number of Topliss-reactive ketones (excluding diaryl/α,β-unsaturated/α-hetero) is 1. The molecule has 0 amide bonds. The monoisotopic (exact) mass is 281 g/mol. The summed E-state index contributed by atoms with van der Waals surface area (Å²) in [6.07, 6.45) is 4.20. The van der Waals surface area contributed by atoms with Crippen LogP contribution in [0, 0.1) is 0 Å². The largest absolute Gasteiger partial charge is 0.319 e. The van der Waals surface area contributed by atoms with Gasteiger partial charge in [-0.1, -0.05) is 34.5 Å². The Labute approximate surface area is 104 Å². The minimum absolute atomic E-state index is 0.224. The summed E-state index contributed by atoms with van der Waals surface area (Å²) in [5.74, 6) is 0.224. The Morgan fingerprint density at radius 1 is 1.25 bits per heavy atom. The molecule has 0 saturated heterocycles. The first-order valence-corrected chi connectivity index (χ1v) is 6.46. The highest BCUT2D eigenvalue weighted by atomic mass is 79.9. The van der Waals surface area contributed by atoms with Gasteiger partial charge in [-0.05, 0) is 37.0 Å². The van der Waals surface area contributed by atoms with Crippen LogP contribution in [-0.2, 0) is 11.2 Å². The van der Waals surface area contributed by atoms with Crippen LogP contribution in [0.4, 0.5) is 0 Å². The van der Waals surface area contributed by atoms with E-state index in [-0.39, 0.29) is 5.78 Å². The zero-order chi connectivity index (χ0) is 11.6. The Hall–Kier alpha value is -0.670. The molecule has 2 N–H and O–H groups in total. The molecule has 1 aliphatic rings. The molecule has 0 spiro atoms. The summed E-state index contributed by atoms with van der Waals surface area (Å²) in [5.41, 5.74) is 6.73. The first kappa shape index (κ1) is 11.8. The molecule has 0 radical (unpaired) electrons. The van der Waals surface area contributed by atoms with E-state index in [2.05, 4.69) is 15.9 Å². The van der Waals surface area contributed by atoms with Gasteiger partial charge in [0.15, 0.2) is 5.78 Å². The topological polar surface area (TPSA) is 43.1 Å². The molecule has 0 heterocycles. The van der Waals surface area contributed by atoms with Gasteiger partial charge in [-0.25, -0.2) is 0 Å². The highest BCUT2D eigenvalue weighted by Gasteiger charge is 2.35. The summed E-state index contributed by atoms with van der Waals surface area (Å²) in [7, 11) is 0. The quantitative estimate of drug-likeness (QED) is 0.906. The van der Waals surface area contributed by atoms with E-state index in [1.807, 2.05) is 24.3 Å². The van der Waals surface area contributed by atoms with Gasteiger partial charge < -0.3 is 5.73 Å². The molecule has 1 aromatic carbocycles. The predicted molar refractivity (Wildman–Crippen MR) is 68.2 cm³/mol. The van der Waals surface area contributed by atoms with E-state index in [9.17, 15) is 4.79 Å². The third kappa shape index (κ3) is 2.53. The fourth-order valence-corrected chi connectivity index (χ4v) is 2.53. The highest BCUT2D eigenvalue weighted by Crippen LogP contribution is 2.26. The summed E-state index contributed by atoms with van der Waals surface area (Å²) < 4.78 is 1.05. The number of benzene rings is 1. The smallest absolute Gasteiger partial charge is 0.152 e. The summed E-state index contributed by atoms with van der Waals surface area (Å²) in [6, 6.07) is 8.04. The van der Waals surface area contributed by atoms with E-state index in [1.54, 1.807) is 0 Å². The van der Waals surface area contributed by atoms with Crippen LogP contribution in [0.15, 0.2) is 28.7 Å². The van der Waals surface area contributed by atoms with E-state index >= 15 is 0 Å². The van der Waals surface area contributed by atoms with Gasteiger partial charge in [0, 0.05) is 10.9 Å². The number of nitrogens with two attached hydrogens (primary N) is 1. The molecule has 3 heteroatoms. The average Bonchev–Trinajstić information content (AvgIpc) is 2.26. The second-order valence-corrected chi connectivity index (χ2v) is 5.51. The van der Waals surface area contributed by atoms with Crippen LogP contribution in [0.2, 0.25) is 0 Å². The number of carbonyl (C=O) groups is 1. The minimum atomic E-state index is -0.619. The van der Waals surface area contributed by atoms with Crippen LogP contribution in [0.1, 0.15) is 31.2 Å². The number of carbonyl (C=O) groups excluding carboxylic acids is 1. The Morgan fingerprint density at radius 2 is 1.94 bits per heavy atom. The fraction of sp³-hybridized carbons (Fsp3) is 0.462. The van der Waals surface area contributed by atoms with Gasteiger partial charge in [0.05, 0.1) is 5.54 Å². The Balaban J connectivity index is 2.13. The lowest BCUT2D eigenvalue weighted by atomic mass is 9.77. The van der Waals surface area contributed by atoms with Gasteiger partial charge >= 0.3 is 0 Å². The van der Waals surface area contributed by atoms with Crippen molar-refractivity contribution in [2.45, 2.75) is 37.6 Å². The molecule has 1 unspecified atom stereocenters. The van der Waals surface area contributed by atoms with Crippen LogP contribution in [0.5, 0.6) is 0 Å². The maximum absolute atomic E-state index is 11.9. The lowest BCUT2D eigenvalue weighted by Crippen LogP contribution is -2.51. The van der Waals surface area contributed by atoms with Crippen molar-refractivity contribution in [1.82, 2.24) is 0 Å². The zero-order valence-corrected chi connectivity index (χ0v) is 10.8. The molecule has 0 bridgehead atoms. The average molecular weight is 282 g/mol. The molecule has 0 aliphatic heterocycles. The molecule has 1 fully saturated rings. The third-order valence-electron chi connectivity index (χ3n) is 3.26. The van der Waals surface area contributed by atoms with Gasteiger partial charge in [0.25, 0.3) is 0 Å². The van der Waals surface area contributed by atoms with Crippen molar-refractivity contribution in [3.63, 3.8) is 0 Å². The first-order chi connectivity index (χ1) is 7.60. The van der Waals surface area contributed by atoms with Crippen molar-refractivity contribution in [3.05, 3.63) is 34.3 Å². The second kappa shape index (κ2) is 4.68. The number of ketones is 1. The Morgan fingerprint density at radius 3 is 2.56 bits per heavy atom. The third-order valence-corrected chi connectivity index (χ3v) is 3.79. The molecule has 1 aromatic rings. The number of rotatable bonds is 2. The van der Waals surface area contributed by atoms with Crippen LogP contribution in [0.3, 0.4) is 0 Å². The molecular weight excluding hydrogens is 266 g/mol. The summed E-state index contributed by atoms with van der Waals surface area (Å²) >= 11 is 3.40. The standard InChI is InChI=1S/C13H16BrNO/c14-11-6-4-10(5-7-11)9-13(15)8-2-1-3-12(13)16/h4-7H,1-3,8-9,15H2. The van der Waals surface area contributed by atoms with Crippen molar-refractivity contribution in [3.8, 4) is 0 Å². The van der Waals surface area contributed by atoms with Crippen molar-refractivity contribution in [1.29, 1.82) is 0 Å². The van der Waals surface area contributed by atoms with Crippen molar-refractivity contribution in [2.75, 3.05) is 0 Å². The summed E-state index contributed by atoms with van der Waals surface area (Å²) in [6.45, 7) is 0. The normalized spacial score (nSPS) is 25.8. The van der Waals surface area contributed by atoms with Crippen LogP contribution < -0.4 is 5.73 Å². The Kier molecular flexibility index (Phi) is 3.45. The summed E-state index contributed by atoms with van der Waals surface area (Å²) in [5, 5.41) is 0. The predicted octanol–water partition coefficient (Wildman–Crippen LogP) is 2.83. The lowest BCUT2D eigenvalue weighted by Gasteiger charge is -2.31. The maximum atomic E-state index is 11.9. The molecule has 1 saturated carbocycles.